The molecular weight excluding hydrogens is 370 g/mol. The van der Waals surface area contributed by atoms with Crippen molar-refractivity contribution in [3.05, 3.63) is 47.0 Å². The van der Waals surface area contributed by atoms with Gasteiger partial charge in [-0.25, -0.2) is 4.98 Å². The second kappa shape index (κ2) is 6.54. The van der Waals surface area contributed by atoms with Crippen LogP contribution in [0.5, 0.6) is 5.88 Å². The van der Waals surface area contributed by atoms with E-state index in [1.807, 2.05) is 19.1 Å². The molecule has 0 radical (unpaired) electrons. The molecular formula is C18H13N3O3S2. The zero-order valence-electron chi connectivity index (χ0n) is 13.9. The Morgan fingerprint density at radius 2 is 2.15 bits per heavy atom. The molecule has 4 heterocycles. The molecule has 130 valence electrons. The molecule has 0 atom stereocenters. The topological polar surface area (TPSA) is 77.3 Å². The van der Waals surface area contributed by atoms with E-state index in [0.29, 0.717) is 26.4 Å². The number of rotatable bonds is 3. The lowest BCUT2D eigenvalue weighted by Crippen LogP contribution is -2.17. The van der Waals surface area contributed by atoms with E-state index in [1.54, 1.807) is 31.8 Å². The number of thiocarbonyl (C=S) groups is 1. The second-order valence-corrected chi connectivity index (χ2v) is 7.38. The molecule has 0 aromatic carbocycles. The number of nitrogens with one attached hydrogen (secondary N) is 1. The van der Waals surface area contributed by atoms with E-state index in [1.165, 1.54) is 11.8 Å². The zero-order chi connectivity index (χ0) is 18.3. The molecule has 1 fully saturated rings. The maximum Gasteiger partial charge on any atom is 0.263 e. The molecule has 3 aromatic rings. The maximum atomic E-state index is 11.8. The van der Waals surface area contributed by atoms with Gasteiger partial charge in [-0.3, -0.25) is 9.78 Å². The quantitative estimate of drug-likeness (QED) is 0.546. The summed E-state index contributed by atoms with van der Waals surface area (Å²) >= 11 is 6.22. The van der Waals surface area contributed by atoms with Gasteiger partial charge in [0, 0.05) is 46.7 Å². The Hall–Kier alpha value is -2.71. The van der Waals surface area contributed by atoms with Crippen molar-refractivity contribution in [1.82, 2.24) is 15.3 Å². The lowest BCUT2D eigenvalue weighted by Gasteiger charge is -2.06. The third kappa shape index (κ3) is 2.97. The van der Waals surface area contributed by atoms with Crippen LogP contribution in [0.1, 0.15) is 11.3 Å². The molecule has 1 saturated heterocycles. The molecule has 0 unspecified atom stereocenters. The standard InChI is InChI=1S/C18H13N3O3S2/c1-9-3-10(7-20-17(9)23-2)13-8-19-6-11-4-12(24-15(11)13)5-14-16(22)21-18(25)26-14/h3-8H,1-2H3,(H,21,22,25). The summed E-state index contributed by atoms with van der Waals surface area (Å²) in [7, 11) is 1.59. The third-order valence-electron chi connectivity index (χ3n) is 3.89. The lowest BCUT2D eigenvalue weighted by atomic mass is 10.1. The van der Waals surface area contributed by atoms with Crippen molar-refractivity contribution in [3.8, 4) is 17.0 Å². The predicted molar refractivity (Wildman–Crippen MR) is 105 cm³/mol. The van der Waals surface area contributed by atoms with Gasteiger partial charge in [0.05, 0.1) is 12.0 Å². The molecule has 0 spiro atoms. The monoisotopic (exact) mass is 383 g/mol. The van der Waals surface area contributed by atoms with Gasteiger partial charge in [-0.2, -0.15) is 0 Å². The molecule has 3 aromatic heterocycles. The predicted octanol–water partition coefficient (Wildman–Crippen LogP) is 3.70. The third-order valence-corrected chi connectivity index (χ3v) is 5.05. The van der Waals surface area contributed by atoms with Crippen molar-refractivity contribution < 1.29 is 13.9 Å². The molecule has 1 aliphatic heterocycles. The molecule has 1 N–H and O–H groups in total. The summed E-state index contributed by atoms with van der Waals surface area (Å²) in [5.41, 5.74) is 3.31. The highest BCUT2D eigenvalue weighted by Gasteiger charge is 2.23. The number of carbonyl (C=O) groups is 1. The molecule has 1 aliphatic rings. The SMILES string of the molecule is COc1ncc(-c2cncc3cc(C=C4SC(=S)NC4=O)oc23)cc1C. The first kappa shape index (κ1) is 16.7. The number of hydrogen-bond acceptors (Lipinski definition) is 7. The van der Waals surface area contributed by atoms with Gasteiger partial charge in [0.25, 0.3) is 5.91 Å². The van der Waals surface area contributed by atoms with Crippen LogP contribution in [0.4, 0.5) is 0 Å². The largest absolute Gasteiger partial charge is 0.481 e. The Bertz CT molecular complexity index is 1090. The van der Waals surface area contributed by atoms with Crippen LogP contribution in [-0.4, -0.2) is 27.3 Å². The summed E-state index contributed by atoms with van der Waals surface area (Å²) in [4.78, 5) is 20.9. The zero-order valence-corrected chi connectivity index (χ0v) is 15.5. The molecule has 0 saturated carbocycles. The number of fused-ring (bicyclic) bond motifs is 1. The van der Waals surface area contributed by atoms with E-state index in [9.17, 15) is 4.79 Å². The second-order valence-electron chi connectivity index (χ2n) is 5.66. The van der Waals surface area contributed by atoms with Crippen molar-refractivity contribution in [1.29, 1.82) is 0 Å². The Balaban J connectivity index is 1.79. The fraction of sp³-hybridized carbons (Fsp3) is 0.111. The van der Waals surface area contributed by atoms with Crippen LogP contribution in [0.3, 0.4) is 0 Å². The van der Waals surface area contributed by atoms with E-state index in [4.69, 9.17) is 21.4 Å². The van der Waals surface area contributed by atoms with E-state index >= 15 is 0 Å². The van der Waals surface area contributed by atoms with Crippen LogP contribution in [0, 0.1) is 6.92 Å². The number of nitrogens with zero attached hydrogens (tertiary/aromatic N) is 2. The molecule has 8 heteroatoms. The van der Waals surface area contributed by atoms with Crippen LogP contribution in [0.25, 0.3) is 28.2 Å². The highest BCUT2D eigenvalue weighted by atomic mass is 32.2. The minimum atomic E-state index is -0.214. The van der Waals surface area contributed by atoms with Crippen LogP contribution < -0.4 is 10.1 Å². The minimum absolute atomic E-state index is 0.214. The van der Waals surface area contributed by atoms with E-state index in [2.05, 4.69) is 15.3 Å². The van der Waals surface area contributed by atoms with Crippen LogP contribution >= 0.6 is 24.0 Å². The van der Waals surface area contributed by atoms with Gasteiger partial charge in [0.1, 0.15) is 15.7 Å². The average Bonchev–Trinajstić information content (AvgIpc) is 3.16. The first-order valence-corrected chi connectivity index (χ1v) is 8.91. The highest BCUT2D eigenvalue weighted by molar-refractivity contribution is 8.26. The van der Waals surface area contributed by atoms with Crippen LogP contribution in [-0.2, 0) is 4.79 Å². The first-order chi connectivity index (χ1) is 12.5. The minimum Gasteiger partial charge on any atom is -0.481 e. The fourth-order valence-corrected chi connectivity index (χ4v) is 3.76. The number of carbonyl (C=O) groups excluding carboxylic acids is 1. The summed E-state index contributed by atoms with van der Waals surface area (Å²) in [6, 6.07) is 3.82. The Labute approximate surface area is 158 Å². The van der Waals surface area contributed by atoms with Crippen molar-refractivity contribution in [2.75, 3.05) is 7.11 Å². The molecule has 26 heavy (non-hydrogen) atoms. The number of methoxy groups -OCH3 is 1. The summed E-state index contributed by atoms with van der Waals surface area (Å²) in [5.74, 6) is 0.933. The van der Waals surface area contributed by atoms with Crippen LogP contribution in [0.2, 0.25) is 0 Å². The Morgan fingerprint density at radius 3 is 2.85 bits per heavy atom. The molecule has 0 bridgehead atoms. The van der Waals surface area contributed by atoms with Crippen LogP contribution in [0.15, 0.2) is 40.0 Å². The van der Waals surface area contributed by atoms with Gasteiger partial charge in [0.15, 0.2) is 0 Å². The normalized spacial score (nSPS) is 15.7. The highest BCUT2D eigenvalue weighted by Crippen LogP contribution is 2.33. The number of aromatic nitrogens is 2. The van der Waals surface area contributed by atoms with Gasteiger partial charge >= 0.3 is 0 Å². The number of aryl methyl sites for hydroxylation is 1. The number of hydrogen-bond donors (Lipinski definition) is 1. The smallest absolute Gasteiger partial charge is 0.263 e. The van der Waals surface area contributed by atoms with Crippen molar-refractivity contribution >= 4 is 51.3 Å². The van der Waals surface area contributed by atoms with Crippen molar-refractivity contribution in [2.24, 2.45) is 0 Å². The lowest BCUT2D eigenvalue weighted by molar-refractivity contribution is -0.115. The van der Waals surface area contributed by atoms with E-state index in [0.717, 1.165) is 22.1 Å². The molecule has 6 nitrogen and oxygen atoms in total. The fourth-order valence-electron chi connectivity index (χ4n) is 2.73. The summed E-state index contributed by atoms with van der Waals surface area (Å²) in [6.07, 6.45) is 6.86. The van der Waals surface area contributed by atoms with Gasteiger partial charge < -0.3 is 14.5 Å². The van der Waals surface area contributed by atoms with Gasteiger partial charge in [-0.1, -0.05) is 24.0 Å². The Kier molecular flexibility index (Phi) is 4.21. The molecule has 4 rings (SSSR count). The summed E-state index contributed by atoms with van der Waals surface area (Å²) in [6.45, 7) is 1.93. The number of amides is 1. The number of furan rings is 1. The molecule has 1 amide bonds. The number of ether oxygens (including phenoxy) is 1. The number of pyridine rings is 2. The summed E-state index contributed by atoms with van der Waals surface area (Å²) < 4.78 is 11.6. The van der Waals surface area contributed by atoms with E-state index in [-0.39, 0.29) is 5.91 Å². The summed E-state index contributed by atoms with van der Waals surface area (Å²) in [5, 5.41) is 3.43. The maximum absolute atomic E-state index is 11.8. The molecule has 0 aliphatic carbocycles. The van der Waals surface area contributed by atoms with Gasteiger partial charge in [0.2, 0.25) is 5.88 Å². The van der Waals surface area contributed by atoms with Crippen molar-refractivity contribution in [2.45, 2.75) is 6.92 Å². The van der Waals surface area contributed by atoms with E-state index < -0.39 is 0 Å². The average molecular weight is 383 g/mol. The first-order valence-electron chi connectivity index (χ1n) is 7.68. The van der Waals surface area contributed by atoms with Crippen molar-refractivity contribution in [3.63, 3.8) is 0 Å². The van der Waals surface area contributed by atoms with Gasteiger partial charge in [-0.05, 0) is 19.1 Å². The van der Waals surface area contributed by atoms with Gasteiger partial charge in [-0.15, -0.1) is 0 Å². The number of thioether (sulfide) groups is 1. The Morgan fingerprint density at radius 1 is 1.31 bits per heavy atom.